The summed E-state index contributed by atoms with van der Waals surface area (Å²) < 4.78 is 20.8. The average molecular weight is 480 g/mol. The lowest BCUT2D eigenvalue weighted by Gasteiger charge is -2.33. The van der Waals surface area contributed by atoms with Crippen LogP contribution < -0.4 is 10.5 Å². The number of benzene rings is 1. The van der Waals surface area contributed by atoms with Crippen LogP contribution in [0.5, 0.6) is 5.75 Å². The average Bonchev–Trinajstić information content (AvgIpc) is 2.69. The smallest absolute Gasteiger partial charge is 0.343 e. The van der Waals surface area contributed by atoms with Gasteiger partial charge in [0, 0.05) is 11.1 Å². The molecule has 0 spiro atoms. The Hall–Kier alpha value is -3.40. The molecule has 1 aromatic carbocycles. The first kappa shape index (κ1) is 28.6. The number of rotatable bonds is 8. The monoisotopic (exact) mass is 479 g/mol. The Bertz CT molecular complexity index is 953. The molecule has 0 radical (unpaired) electrons. The van der Waals surface area contributed by atoms with Crippen molar-refractivity contribution in [1.82, 2.24) is 0 Å². The third kappa shape index (κ3) is 7.58. The van der Waals surface area contributed by atoms with E-state index in [0.717, 1.165) is 7.11 Å². The van der Waals surface area contributed by atoms with E-state index in [2.05, 4.69) is 4.74 Å². The van der Waals surface area contributed by atoms with Gasteiger partial charge in [-0.15, -0.1) is 0 Å². The molecule has 1 rings (SSSR count). The Labute approximate surface area is 199 Å². The van der Waals surface area contributed by atoms with E-state index in [-0.39, 0.29) is 22.4 Å². The van der Waals surface area contributed by atoms with Crippen molar-refractivity contribution < 1.29 is 43.2 Å². The third-order valence-electron chi connectivity index (χ3n) is 4.25. The van der Waals surface area contributed by atoms with Crippen LogP contribution >= 0.6 is 0 Å². The summed E-state index contributed by atoms with van der Waals surface area (Å²) in [6.45, 7) is 9.64. The van der Waals surface area contributed by atoms with Gasteiger partial charge in [-0.3, -0.25) is 4.79 Å². The summed E-state index contributed by atoms with van der Waals surface area (Å²) in [6.07, 6.45) is 0.514. The molecule has 0 aliphatic heterocycles. The van der Waals surface area contributed by atoms with Gasteiger partial charge in [0.25, 0.3) is 0 Å². The summed E-state index contributed by atoms with van der Waals surface area (Å²) in [7, 11) is 2.47. The fourth-order valence-corrected chi connectivity index (χ4v) is 2.81. The van der Waals surface area contributed by atoms with Crippen molar-refractivity contribution in [3.05, 3.63) is 34.9 Å². The maximum Gasteiger partial charge on any atom is 0.343 e. The highest BCUT2D eigenvalue weighted by Gasteiger charge is 2.51. The second-order valence-electron chi connectivity index (χ2n) is 9.50. The van der Waals surface area contributed by atoms with E-state index in [0.29, 0.717) is 0 Å². The van der Waals surface area contributed by atoms with E-state index in [1.165, 1.54) is 31.4 Å². The number of nitrogens with two attached hydrogens (primary N) is 1. The molecule has 0 saturated heterocycles. The number of carbonyl (C=O) groups is 4. The van der Waals surface area contributed by atoms with Crippen LogP contribution in [0.15, 0.2) is 23.8 Å². The third-order valence-corrected chi connectivity index (χ3v) is 4.25. The van der Waals surface area contributed by atoms with Crippen LogP contribution in [0.2, 0.25) is 0 Å². The Balaban J connectivity index is 3.94. The molecule has 0 fully saturated rings. The highest BCUT2D eigenvalue weighted by atomic mass is 16.6. The number of carboxylic acid groups (broad SMARTS) is 1. The first-order valence-electron chi connectivity index (χ1n) is 10.4. The lowest BCUT2D eigenvalue weighted by atomic mass is 9.85. The first-order valence-corrected chi connectivity index (χ1v) is 10.4. The number of methoxy groups -OCH3 is 2. The predicted octanol–water partition coefficient (Wildman–Crippen LogP) is 2.56. The van der Waals surface area contributed by atoms with Gasteiger partial charge in [0.05, 0.1) is 20.6 Å². The summed E-state index contributed by atoms with van der Waals surface area (Å²) in [5.41, 5.74) is 1.73. The van der Waals surface area contributed by atoms with Crippen LogP contribution in [0.25, 0.3) is 6.08 Å². The number of hydrogen-bond donors (Lipinski definition) is 2. The molecule has 10 nitrogen and oxygen atoms in total. The second-order valence-corrected chi connectivity index (χ2v) is 9.50. The van der Waals surface area contributed by atoms with Crippen LogP contribution in [-0.4, -0.2) is 54.4 Å². The summed E-state index contributed by atoms with van der Waals surface area (Å²) in [6, 6.07) is 4.25. The lowest BCUT2D eigenvalue weighted by molar-refractivity contribution is -0.177. The van der Waals surface area contributed by atoms with Gasteiger partial charge in [0.1, 0.15) is 17.0 Å². The molecule has 0 atom stereocenters. The van der Waals surface area contributed by atoms with Crippen molar-refractivity contribution in [2.24, 2.45) is 5.73 Å². The molecule has 10 heteroatoms. The van der Waals surface area contributed by atoms with Crippen molar-refractivity contribution in [3.8, 4) is 5.75 Å². The lowest BCUT2D eigenvalue weighted by Crippen LogP contribution is -2.56. The number of esters is 3. The predicted molar refractivity (Wildman–Crippen MR) is 123 cm³/mol. The fourth-order valence-electron chi connectivity index (χ4n) is 2.81. The molecule has 188 valence electrons. The molecule has 3 N–H and O–H groups in total. The van der Waals surface area contributed by atoms with Gasteiger partial charge in [-0.1, -0.05) is 6.07 Å². The highest BCUT2D eigenvalue weighted by Crippen LogP contribution is 2.33. The van der Waals surface area contributed by atoms with Gasteiger partial charge in [-0.2, -0.15) is 0 Å². The van der Waals surface area contributed by atoms with Crippen molar-refractivity contribution >= 4 is 30.0 Å². The molecule has 0 heterocycles. The van der Waals surface area contributed by atoms with Crippen LogP contribution in [0.3, 0.4) is 0 Å². The van der Waals surface area contributed by atoms with Crippen molar-refractivity contribution in [3.63, 3.8) is 0 Å². The quantitative estimate of drug-likeness (QED) is 0.246. The molecule has 0 bridgehead atoms. The maximum absolute atomic E-state index is 13.3. The Kier molecular flexibility index (Phi) is 9.00. The van der Waals surface area contributed by atoms with Gasteiger partial charge in [-0.25, -0.2) is 14.4 Å². The largest absolute Gasteiger partial charge is 0.497 e. The van der Waals surface area contributed by atoms with Gasteiger partial charge in [0.2, 0.25) is 5.54 Å². The standard InChI is InChI=1S/C24H33NO9/c1-22(2,3)33-20(29)24(25,21(30)34-23(4,5)6)17-13-16(31-7)10-9-14(17)11-15(12-18(26)27)19(28)32-8/h9-11,13H,12,25H2,1-8H3,(H,26,27). The van der Waals surface area contributed by atoms with Crippen molar-refractivity contribution in [1.29, 1.82) is 0 Å². The fraction of sp³-hybridized carbons (Fsp3) is 0.500. The minimum atomic E-state index is -2.48. The van der Waals surface area contributed by atoms with E-state index in [1.807, 2.05) is 0 Å². The Morgan fingerprint density at radius 3 is 1.82 bits per heavy atom. The van der Waals surface area contributed by atoms with Crippen molar-refractivity contribution in [2.45, 2.75) is 64.7 Å². The minimum Gasteiger partial charge on any atom is -0.497 e. The van der Waals surface area contributed by atoms with Crippen LogP contribution in [0.1, 0.15) is 59.1 Å². The molecule has 0 saturated carbocycles. The number of ether oxygens (including phenoxy) is 4. The van der Waals surface area contributed by atoms with Crippen LogP contribution in [-0.2, 0) is 38.9 Å². The molecule has 0 amide bonds. The zero-order chi connectivity index (χ0) is 26.5. The number of hydrogen-bond acceptors (Lipinski definition) is 9. The number of carbonyl (C=O) groups excluding carboxylic acids is 3. The Morgan fingerprint density at radius 2 is 1.44 bits per heavy atom. The summed E-state index contributed by atoms with van der Waals surface area (Å²) in [4.78, 5) is 50.1. The molecular weight excluding hydrogens is 446 g/mol. The normalized spacial score (nSPS) is 12.6. The first-order chi connectivity index (χ1) is 15.4. The highest BCUT2D eigenvalue weighted by molar-refractivity contribution is 6.07. The molecule has 34 heavy (non-hydrogen) atoms. The van der Waals surface area contributed by atoms with Crippen molar-refractivity contribution in [2.75, 3.05) is 14.2 Å². The summed E-state index contributed by atoms with van der Waals surface area (Å²) >= 11 is 0. The van der Waals surface area contributed by atoms with E-state index < -0.39 is 47.0 Å². The molecule has 0 aromatic heterocycles. The van der Waals surface area contributed by atoms with E-state index in [1.54, 1.807) is 41.5 Å². The molecule has 0 aliphatic rings. The van der Waals surface area contributed by atoms with E-state index in [4.69, 9.17) is 19.9 Å². The number of carboxylic acids is 1. The van der Waals surface area contributed by atoms with Gasteiger partial charge < -0.3 is 29.8 Å². The summed E-state index contributed by atoms with van der Waals surface area (Å²) in [5, 5.41) is 9.21. The van der Waals surface area contributed by atoms with Gasteiger partial charge in [0.15, 0.2) is 0 Å². The molecule has 1 aromatic rings. The molecule has 0 aliphatic carbocycles. The summed E-state index contributed by atoms with van der Waals surface area (Å²) in [5.74, 6) is -4.15. The van der Waals surface area contributed by atoms with Gasteiger partial charge in [-0.05, 0) is 65.3 Å². The number of aliphatic carboxylic acids is 1. The van der Waals surface area contributed by atoms with Crippen LogP contribution in [0.4, 0.5) is 0 Å². The second kappa shape index (κ2) is 10.7. The zero-order valence-electron chi connectivity index (χ0n) is 20.8. The topological polar surface area (TPSA) is 151 Å². The van der Waals surface area contributed by atoms with E-state index in [9.17, 15) is 24.3 Å². The maximum atomic E-state index is 13.3. The molecular formula is C24H33NO9. The Morgan fingerprint density at radius 1 is 0.941 bits per heavy atom. The SMILES string of the molecule is COC(=O)C(=Cc1ccc(OC)cc1C(N)(C(=O)OC(C)(C)C)C(=O)OC(C)(C)C)CC(=O)O. The minimum absolute atomic E-state index is 0.0988. The molecule has 0 unspecified atom stereocenters. The van der Waals surface area contributed by atoms with Crippen LogP contribution in [0, 0.1) is 0 Å². The van der Waals surface area contributed by atoms with Gasteiger partial charge >= 0.3 is 23.9 Å². The van der Waals surface area contributed by atoms with E-state index >= 15 is 0 Å². The zero-order valence-corrected chi connectivity index (χ0v) is 20.8.